The molecule has 0 saturated heterocycles. The molecular formula is C19H25N3O3. The van der Waals surface area contributed by atoms with Gasteiger partial charge in [0.15, 0.2) is 0 Å². The highest BCUT2D eigenvalue weighted by Gasteiger charge is 2.51. The van der Waals surface area contributed by atoms with Gasteiger partial charge >= 0.3 is 0 Å². The van der Waals surface area contributed by atoms with Crippen molar-refractivity contribution in [1.29, 1.82) is 0 Å². The number of nitro benzene ring substituents is 1. The van der Waals surface area contributed by atoms with Gasteiger partial charge in [-0.3, -0.25) is 14.9 Å². The van der Waals surface area contributed by atoms with E-state index in [-0.39, 0.29) is 17.1 Å². The van der Waals surface area contributed by atoms with Crippen LogP contribution in [0.15, 0.2) is 24.3 Å². The maximum atomic E-state index is 12.7. The third-order valence-electron chi connectivity index (χ3n) is 6.26. The smallest absolute Gasteiger partial charge is 0.271 e. The third-order valence-corrected chi connectivity index (χ3v) is 6.26. The molecule has 0 radical (unpaired) electrons. The summed E-state index contributed by atoms with van der Waals surface area (Å²) in [6, 6.07) is 5.88. The monoisotopic (exact) mass is 343 g/mol. The van der Waals surface area contributed by atoms with Gasteiger partial charge in [-0.25, -0.2) is 0 Å². The normalized spacial score (nSPS) is 33.7. The molecule has 2 N–H and O–H groups in total. The highest BCUT2D eigenvalue weighted by Crippen LogP contribution is 2.55. The van der Waals surface area contributed by atoms with Crippen LogP contribution in [-0.2, 0) is 4.79 Å². The van der Waals surface area contributed by atoms with Crippen molar-refractivity contribution in [3.8, 4) is 0 Å². The second kappa shape index (κ2) is 6.00. The van der Waals surface area contributed by atoms with E-state index in [4.69, 9.17) is 0 Å². The molecule has 6 heteroatoms. The topological polar surface area (TPSA) is 84.3 Å². The Balaban J connectivity index is 1.41. The Kier molecular flexibility index (Phi) is 3.93. The number of non-ortho nitro benzene ring substituents is 1. The van der Waals surface area contributed by atoms with E-state index >= 15 is 0 Å². The number of amides is 1. The number of carbonyl (C=O) groups is 1. The molecular weight excluding hydrogens is 318 g/mol. The number of rotatable bonds is 5. The van der Waals surface area contributed by atoms with Crippen LogP contribution in [0.2, 0.25) is 0 Å². The van der Waals surface area contributed by atoms with Crippen molar-refractivity contribution in [1.82, 2.24) is 5.32 Å². The second-order valence-corrected chi connectivity index (χ2v) is 8.36. The highest BCUT2D eigenvalue weighted by molar-refractivity contribution is 5.85. The van der Waals surface area contributed by atoms with Gasteiger partial charge < -0.3 is 10.6 Å². The molecule has 0 aliphatic heterocycles. The fourth-order valence-electron chi connectivity index (χ4n) is 5.66. The molecule has 0 spiro atoms. The fourth-order valence-corrected chi connectivity index (χ4v) is 5.66. The first-order chi connectivity index (χ1) is 11.9. The van der Waals surface area contributed by atoms with Crippen molar-refractivity contribution in [2.45, 2.75) is 57.0 Å². The van der Waals surface area contributed by atoms with Crippen LogP contribution in [0.3, 0.4) is 0 Å². The molecule has 1 aromatic carbocycles. The van der Waals surface area contributed by atoms with Gasteiger partial charge in [0, 0.05) is 23.4 Å². The van der Waals surface area contributed by atoms with E-state index in [2.05, 4.69) is 10.6 Å². The first kappa shape index (κ1) is 16.4. The van der Waals surface area contributed by atoms with Crippen LogP contribution in [0.25, 0.3) is 0 Å². The van der Waals surface area contributed by atoms with Crippen LogP contribution in [0, 0.1) is 27.9 Å². The average molecular weight is 343 g/mol. The Hall–Kier alpha value is -2.11. The zero-order valence-electron chi connectivity index (χ0n) is 14.5. The standard InChI is InChI=1S/C19H25N3O3/c1-12(20-16-3-2-4-17(8-16)22(24)25)18(23)21-19-9-13-5-14(10-19)7-15(6-13)11-19/h2-4,8,12-15,20H,5-7,9-11H2,1H3,(H,21,23)/t12-,13?,14?,15?,19?/m1/s1. The molecule has 25 heavy (non-hydrogen) atoms. The van der Waals surface area contributed by atoms with Crippen molar-refractivity contribution in [2.75, 3.05) is 5.32 Å². The molecule has 0 heterocycles. The summed E-state index contributed by atoms with van der Waals surface area (Å²) in [5.74, 6) is 2.35. The van der Waals surface area contributed by atoms with E-state index in [1.165, 1.54) is 31.4 Å². The minimum absolute atomic E-state index is 0.00606. The second-order valence-electron chi connectivity index (χ2n) is 8.36. The SMILES string of the molecule is C[C@@H](Nc1cccc([N+](=O)[O-])c1)C(=O)NC12CC3CC(CC(C3)C1)C2. The Morgan fingerprint density at radius 1 is 1.20 bits per heavy atom. The number of benzene rings is 1. The van der Waals surface area contributed by atoms with E-state index in [0.29, 0.717) is 5.69 Å². The van der Waals surface area contributed by atoms with Gasteiger partial charge in [0.05, 0.1) is 4.92 Å². The van der Waals surface area contributed by atoms with E-state index in [1.54, 1.807) is 12.1 Å². The Morgan fingerprint density at radius 3 is 2.36 bits per heavy atom. The van der Waals surface area contributed by atoms with Gasteiger partial charge in [-0.2, -0.15) is 0 Å². The lowest BCUT2D eigenvalue weighted by molar-refractivity contribution is -0.384. The Labute approximate surface area is 147 Å². The third kappa shape index (κ3) is 3.22. The van der Waals surface area contributed by atoms with Gasteiger partial charge in [0.25, 0.3) is 5.69 Å². The van der Waals surface area contributed by atoms with Gasteiger partial charge in [0.2, 0.25) is 5.91 Å². The van der Waals surface area contributed by atoms with Gasteiger partial charge in [0.1, 0.15) is 6.04 Å². The Bertz CT molecular complexity index is 668. The van der Waals surface area contributed by atoms with E-state index in [0.717, 1.165) is 37.0 Å². The highest BCUT2D eigenvalue weighted by atomic mass is 16.6. The van der Waals surface area contributed by atoms with Gasteiger partial charge in [-0.1, -0.05) is 6.07 Å². The molecule has 6 nitrogen and oxygen atoms in total. The van der Waals surface area contributed by atoms with Crippen LogP contribution in [0.5, 0.6) is 0 Å². The molecule has 0 unspecified atom stereocenters. The van der Waals surface area contributed by atoms with Gasteiger partial charge in [-0.15, -0.1) is 0 Å². The first-order valence-corrected chi connectivity index (χ1v) is 9.25. The predicted octanol–water partition coefficient (Wildman–Crippen LogP) is 3.48. The molecule has 134 valence electrons. The Morgan fingerprint density at radius 2 is 1.80 bits per heavy atom. The van der Waals surface area contributed by atoms with Crippen molar-refractivity contribution >= 4 is 17.3 Å². The molecule has 4 bridgehead atoms. The van der Waals surface area contributed by atoms with Crippen molar-refractivity contribution in [2.24, 2.45) is 17.8 Å². The summed E-state index contributed by atoms with van der Waals surface area (Å²) in [7, 11) is 0. The molecule has 1 atom stereocenters. The minimum Gasteiger partial charge on any atom is -0.374 e. The quantitative estimate of drug-likeness (QED) is 0.633. The summed E-state index contributed by atoms with van der Waals surface area (Å²) in [6.45, 7) is 1.81. The lowest BCUT2D eigenvalue weighted by atomic mass is 9.53. The molecule has 5 rings (SSSR count). The number of nitro groups is 1. The molecule has 0 aromatic heterocycles. The average Bonchev–Trinajstić information content (AvgIpc) is 2.53. The van der Waals surface area contributed by atoms with Crippen molar-refractivity contribution in [3.63, 3.8) is 0 Å². The predicted molar refractivity (Wildman–Crippen MR) is 95.2 cm³/mol. The zero-order chi connectivity index (χ0) is 17.6. The van der Waals surface area contributed by atoms with Crippen LogP contribution in [0.1, 0.15) is 45.4 Å². The molecule has 4 saturated carbocycles. The number of nitrogens with one attached hydrogen (secondary N) is 2. The van der Waals surface area contributed by atoms with Gasteiger partial charge in [-0.05, 0) is 69.3 Å². The summed E-state index contributed by atoms with van der Waals surface area (Å²) in [4.78, 5) is 23.2. The summed E-state index contributed by atoms with van der Waals surface area (Å²) in [5, 5.41) is 17.3. The summed E-state index contributed by atoms with van der Waals surface area (Å²) in [5.41, 5.74) is 0.617. The fraction of sp³-hybridized carbons (Fsp3) is 0.632. The molecule has 4 aliphatic rings. The minimum atomic E-state index is -0.425. The maximum Gasteiger partial charge on any atom is 0.271 e. The number of anilines is 1. The summed E-state index contributed by atoms with van der Waals surface area (Å²) < 4.78 is 0. The summed E-state index contributed by atoms with van der Waals surface area (Å²) >= 11 is 0. The van der Waals surface area contributed by atoms with E-state index in [1.807, 2.05) is 6.92 Å². The van der Waals surface area contributed by atoms with Crippen LogP contribution in [0.4, 0.5) is 11.4 Å². The zero-order valence-corrected chi connectivity index (χ0v) is 14.5. The lowest BCUT2D eigenvalue weighted by Crippen LogP contribution is -2.61. The number of hydrogen-bond donors (Lipinski definition) is 2. The number of nitrogens with zero attached hydrogens (tertiary/aromatic N) is 1. The molecule has 4 aliphatic carbocycles. The van der Waals surface area contributed by atoms with Crippen LogP contribution < -0.4 is 10.6 Å². The summed E-state index contributed by atoms with van der Waals surface area (Å²) in [6.07, 6.45) is 7.39. The lowest BCUT2D eigenvalue weighted by Gasteiger charge is -2.57. The molecule has 1 amide bonds. The number of carbonyl (C=O) groups excluding carboxylic acids is 1. The van der Waals surface area contributed by atoms with Crippen molar-refractivity contribution in [3.05, 3.63) is 34.4 Å². The van der Waals surface area contributed by atoms with E-state index in [9.17, 15) is 14.9 Å². The molecule has 4 fully saturated rings. The van der Waals surface area contributed by atoms with E-state index < -0.39 is 11.0 Å². The number of hydrogen-bond acceptors (Lipinski definition) is 4. The van der Waals surface area contributed by atoms with Crippen molar-refractivity contribution < 1.29 is 9.72 Å². The van der Waals surface area contributed by atoms with Crippen LogP contribution >= 0.6 is 0 Å². The van der Waals surface area contributed by atoms with Crippen LogP contribution in [-0.4, -0.2) is 22.4 Å². The maximum absolute atomic E-state index is 12.7. The largest absolute Gasteiger partial charge is 0.374 e. The first-order valence-electron chi connectivity index (χ1n) is 9.25. The molecule has 1 aromatic rings.